The average Bonchev–Trinajstić information content (AvgIpc) is 2.58. The van der Waals surface area contributed by atoms with Gasteiger partial charge in [-0.1, -0.05) is 17.7 Å². The Kier molecular flexibility index (Phi) is 4.39. The summed E-state index contributed by atoms with van der Waals surface area (Å²) in [5.41, 5.74) is 3.46. The number of nitrogens with one attached hydrogen (secondary N) is 2. The van der Waals surface area contributed by atoms with Crippen LogP contribution in [-0.2, 0) is 0 Å². The van der Waals surface area contributed by atoms with Crippen molar-refractivity contribution in [2.24, 2.45) is 0 Å². The van der Waals surface area contributed by atoms with Crippen molar-refractivity contribution in [3.63, 3.8) is 0 Å². The number of hydrogen-bond acceptors (Lipinski definition) is 5. The van der Waals surface area contributed by atoms with Crippen molar-refractivity contribution in [3.05, 3.63) is 59.2 Å². The molecule has 116 valence electrons. The number of anilines is 3. The number of benzene rings is 1. The molecule has 0 aliphatic carbocycles. The Hall–Kier alpha value is -2.66. The molecule has 23 heavy (non-hydrogen) atoms. The lowest BCUT2D eigenvalue weighted by atomic mass is 10.2. The van der Waals surface area contributed by atoms with Gasteiger partial charge in [0.15, 0.2) is 0 Å². The highest BCUT2D eigenvalue weighted by Crippen LogP contribution is 2.24. The standard InChI is InChI=1S/C17H16ClN5/c1-11-9-12(6-7-13(11)18)21-16-10-15(22-17(19-2)23-16)14-5-3-4-8-20-14/h3-10H,1-2H3,(H2,19,21,22,23). The Morgan fingerprint density at radius 1 is 1.00 bits per heavy atom. The molecule has 0 atom stereocenters. The first-order valence-electron chi connectivity index (χ1n) is 7.17. The first kappa shape index (κ1) is 15.2. The van der Waals surface area contributed by atoms with Gasteiger partial charge in [0.1, 0.15) is 5.82 Å². The minimum atomic E-state index is 0.529. The van der Waals surface area contributed by atoms with Crippen LogP contribution >= 0.6 is 11.6 Å². The van der Waals surface area contributed by atoms with Crippen molar-refractivity contribution >= 4 is 29.1 Å². The number of halogens is 1. The van der Waals surface area contributed by atoms with Gasteiger partial charge in [-0.15, -0.1) is 0 Å². The molecular formula is C17H16ClN5. The van der Waals surface area contributed by atoms with Gasteiger partial charge in [0.25, 0.3) is 0 Å². The van der Waals surface area contributed by atoms with Gasteiger partial charge in [0.05, 0.1) is 11.4 Å². The van der Waals surface area contributed by atoms with Crippen molar-refractivity contribution < 1.29 is 0 Å². The third-order valence-corrected chi connectivity index (χ3v) is 3.73. The van der Waals surface area contributed by atoms with Crippen molar-refractivity contribution in [3.8, 4) is 11.4 Å². The summed E-state index contributed by atoms with van der Waals surface area (Å²) in [5, 5.41) is 6.99. The minimum Gasteiger partial charge on any atom is -0.357 e. The van der Waals surface area contributed by atoms with Crippen LogP contribution in [0.1, 0.15) is 5.56 Å². The third-order valence-electron chi connectivity index (χ3n) is 3.31. The average molecular weight is 326 g/mol. The van der Waals surface area contributed by atoms with E-state index in [9.17, 15) is 0 Å². The lowest BCUT2D eigenvalue weighted by molar-refractivity contribution is 1.14. The first-order valence-corrected chi connectivity index (χ1v) is 7.55. The summed E-state index contributed by atoms with van der Waals surface area (Å²) in [4.78, 5) is 13.2. The van der Waals surface area contributed by atoms with Gasteiger partial charge in [0, 0.05) is 30.0 Å². The van der Waals surface area contributed by atoms with E-state index in [1.165, 1.54) is 0 Å². The van der Waals surface area contributed by atoms with E-state index in [2.05, 4.69) is 25.6 Å². The van der Waals surface area contributed by atoms with Gasteiger partial charge in [-0.3, -0.25) is 4.98 Å². The summed E-state index contributed by atoms with van der Waals surface area (Å²) in [7, 11) is 1.79. The van der Waals surface area contributed by atoms with Crippen LogP contribution in [0, 0.1) is 6.92 Å². The molecule has 0 spiro atoms. The lowest BCUT2D eigenvalue weighted by Crippen LogP contribution is -2.02. The van der Waals surface area contributed by atoms with Crippen LogP contribution in [-0.4, -0.2) is 22.0 Å². The molecule has 0 fully saturated rings. The molecule has 0 unspecified atom stereocenters. The van der Waals surface area contributed by atoms with Crippen LogP contribution < -0.4 is 10.6 Å². The number of pyridine rings is 1. The highest BCUT2D eigenvalue weighted by molar-refractivity contribution is 6.31. The molecule has 3 aromatic rings. The molecular weight excluding hydrogens is 310 g/mol. The molecule has 5 nitrogen and oxygen atoms in total. The van der Waals surface area contributed by atoms with Gasteiger partial charge in [-0.25, -0.2) is 4.98 Å². The van der Waals surface area contributed by atoms with Crippen molar-refractivity contribution in [2.45, 2.75) is 6.92 Å². The maximum Gasteiger partial charge on any atom is 0.225 e. The normalized spacial score (nSPS) is 10.4. The van der Waals surface area contributed by atoms with E-state index in [4.69, 9.17) is 11.6 Å². The Labute approximate surface area is 139 Å². The summed E-state index contributed by atoms with van der Waals surface area (Å²) in [5.74, 6) is 1.22. The quantitative estimate of drug-likeness (QED) is 0.749. The van der Waals surface area contributed by atoms with E-state index in [-0.39, 0.29) is 0 Å². The number of nitrogens with zero attached hydrogens (tertiary/aromatic N) is 3. The zero-order valence-electron chi connectivity index (χ0n) is 12.8. The molecule has 0 radical (unpaired) electrons. The highest BCUT2D eigenvalue weighted by Gasteiger charge is 2.07. The maximum absolute atomic E-state index is 6.06. The van der Waals surface area contributed by atoms with E-state index >= 15 is 0 Å². The van der Waals surface area contributed by atoms with Gasteiger partial charge in [-0.2, -0.15) is 4.98 Å². The van der Waals surface area contributed by atoms with Gasteiger partial charge in [0.2, 0.25) is 5.95 Å². The summed E-state index contributed by atoms with van der Waals surface area (Å²) < 4.78 is 0. The number of aromatic nitrogens is 3. The Morgan fingerprint density at radius 3 is 2.57 bits per heavy atom. The van der Waals surface area contributed by atoms with Gasteiger partial charge >= 0.3 is 0 Å². The molecule has 3 rings (SSSR count). The molecule has 1 aromatic carbocycles. The van der Waals surface area contributed by atoms with Crippen molar-refractivity contribution in [1.82, 2.24) is 15.0 Å². The fourth-order valence-electron chi connectivity index (χ4n) is 2.14. The Morgan fingerprint density at radius 2 is 1.87 bits per heavy atom. The lowest BCUT2D eigenvalue weighted by Gasteiger charge is -2.10. The van der Waals surface area contributed by atoms with Crippen LogP contribution in [0.5, 0.6) is 0 Å². The van der Waals surface area contributed by atoms with Crippen LogP contribution in [0.3, 0.4) is 0 Å². The Bertz CT molecular complexity index is 820. The molecule has 6 heteroatoms. The van der Waals surface area contributed by atoms with Crippen LogP contribution in [0.15, 0.2) is 48.7 Å². The van der Waals surface area contributed by atoms with Crippen LogP contribution in [0.25, 0.3) is 11.4 Å². The van der Waals surface area contributed by atoms with E-state index in [0.29, 0.717) is 11.8 Å². The molecule has 2 heterocycles. The largest absolute Gasteiger partial charge is 0.357 e. The molecule has 0 saturated carbocycles. The van der Waals surface area contributed by atoms with Gasteiger partial charge in [-0.05, 0) is 42.8 Å². The SMILES string of the molecule is CNc1nc(Nc2ccc(Cl)c(C)c2)cc(-c2ccccn2)n1. The van der Waals surface area contributed by atoms with Crippen molar-refractivity contribution in [1.29, 1.82) is 0 Å². The molecule has 0 saturated heterocycles. The molecule has 0 aliphatic heterocycles. The molecule has 0 bridgehead atoms. The summed E-state index contributed by atoms with van der Waals surface area (Å²) in [6.07, 6.45) is 1.74. The van der Waals surface area contributed by atoms with Crippen LogP contribution in [0.4, 0.5) is 17.5 Å². The highest BCUT2D eigenvalue weighted by atomic mass is 35.5. The number of hydrogen-bond donors (Lipinski definition) is 2. The van der Waals surface area contributed by atoms with E-state index in [1.54, 1.807) is 13.2 Å². The fraction of sp³-hybridized carbons (Fsp3) is 0.118. The zero-order chi connectivity index (χ0) is 16.2. The first-order chi connectivity index (χ1) is 11.2. The van der Waals surface area contributed by atoms with E-state index in [0.717, 1.165) is 27.7 Å². The third kappa shape index (κ3) is 3.57. The molecule has 0 amide bonds. The second kappa shape index (κ2) is 6.62. The van der Waals surface area contributed by atoms with E-state index < -0.39 is 0 Å². The second-order valence-corrected chi connectivity index (χ2v) is 5.42. The second-order valence-electron chi connectivity index (χ2n) is 5.02. The molecule has 2 aromatic heterocycles. The van der Waals surface area contributed by atoms with Crippen LogP contribution in [0.2, 0.25) is 5.02 Å². The van der Waals surface area contributed by atoms with Crippen molar-refractivity contribution in [2.75, 3.05) is 17.7 Å². The predicted octanol–water partition coefficient (Wildman–Crippen LogP) is 4.29. The zero-order valence-corrected chi connectivity index (χ0v) is 13.6. The maximum atomic E-state index is 6.06. The smallest absolute Gasteiger partial charge is 0.225 e. The summed E-state index contributed by atoms with van der Waals surface area (Å²) in [6.45, 7) is 1.96. The number of rotatable bonds is 4. The predicted molar refractivity (Wildman–Crippen MR) is 94.3 cm³/mol. The number of aryl methyl sites for hydroxylation is 1. The summed E-state index contributed by atoms with van der Waals surface area (Å²) >= 11 is 6.06. The fourth-order valence-corrected chi connectivity index (χ4v) is 2.26. The summed E-state index contributed by atoms with van der Waals surface area (Å²) in [6, 6.07) is 13.3. The van der Waals surface area contributed by atoms with Gasteiger partial charge < -0.3 is 10.6 Å². The monoisotopic (exact) mass is 325 g/mol. The van der Waals surface area contributed by atoms with E-state index in [1.807, 2.05) is 49.4 Å². The molecule has 2 N–H and O–H groups in total. The minimum absolute atomic E-state index is 0.529. The topological polar surface area (TPSA) is 62.7 Å². The Balaban J connectivity index is 1.97. The molecule has 0 aliphatic rings.